The number of amides is 7. The van der Waals surface area contributed by atoms with E-state index in [-0.39, 0.29) is 95.7 Å². The number of benzene rings is 1. The second-order valence-electron chi connectivity index (χ2n) is 18.7. The molecule has 1 aromatic carbocycles. The summed E-state index contributed by atoms with van der Waals surface area (Å²) in [6, 6.07) is 3.85. The third-order valence-electron chi connectivity index (χ3n) is 12.1. The van der Waals surface area contributed by atoms with Crippen molar-refractivity contribution >= 4 is 49.3 Å². The molecule has 67 heavy (non-hydrogen) atoms. The molecule has 0 unspecified atom stereocenters. The Hall–Kier alpha value is -5.24. The van der Waals surface area contributed by atoms with Gasteiger partial charge in [-0.3, -0.25) is 33.6 Å². The molecule has 7 N–H and O–H groups in total. The van der Waals surface area contributed by atoms with Crippen molar-refractivity contribution in [3.63, 3.8) is 0 Å². The number of fused-ring (bicyclic) bond motifs is 1. The third kappa shape index (κ3) is 17.1. The van der Waals surface area contributed by atoms with E-state index >= 15 is 0 Å². The number of ether oxygens (including phenoxy) is 2. The van der Waals surface area contributed by atoms with Crippen LogP contribution in [0.1, 0.15) is 115 Å². The van der Waals surface area contributed by atoms with E-state index in [9.17, 15) is 52.7 Å². The number of aliphatic hydroxyl groups is 2. The Morgan fingerprint density at radius 2 is 1.70 bits per heavy atom. The van der Waals surface area contributed by atoms with Crippen LogP contribution in [0.5, 0.6) is 0 Å². The highest BCUT2D eigenvalue weighted by atomic mass is 19.3. The average molecular weight is 943 g/mol. The van der Waals surface area contributed by atoms with Crippen molar-refractivity contribution in [1.29, 1.82) is 5.26 Å². The first kappa shape index (κ1) is 54.4. The molecule has 0 saturated carbocycles. The number of alkyl halides is 2. The van der Waals surface area contributed by atoms with Crippen molar-refractivity contribution in [2.75, 3.05) is 32.9 Å². The zero-order valence-corrected chi connectivity index (χ0v) is 38.8. The number of halogens is 2. The van der Waals surface area contributed by atoms with Gasteiger partial charge in [0, 0.05) is 57.8 Å². The van der Waals surface area contributed by atoms with Crippen molar-refractivity contribution in [3.05, 3.63) is 34.9 Å². The van der Waals surface area contributed by atoms with E-state index in [2.05, 4.69) is 21.3 Å². The van der Waals surface area contributed by atoms with Crippen LogP contribution in [-0.2, 0) is 62.7 Å². The summed E-state index contributed by atoms with van der Waals surface area (Å²) in [6.07, 6.45) is 0.204. The molecule has 0 aliphatic carbocycles. The first-order valence-corrected chi connectivity index (χ1v) is 22.7. The van der Waals surface area contributed by atoms with Gasteiger partial charge < -0.3 is 56.0 Å². The fourth-order valence-corrected chi connectivity index (χ4v) is 8.26. The number of carbonyl (C=O) groups is 7. The van der Waals surface area contributed by atoms with Gasteiger partial charge in [-0.1, -0.05) is 18.2 Å². The van der Waals surface area contributed by atoms with E-state index in [0.29, 0.717) is 32.2 Å². The van der Waals surface area contributed by atoms with Crippen LogP contribution in [0.3, 0.4) is 0 Å². The Bertz CT molecular complexity index is 1990. The largest absolute Gasteiger partial charge is 0.407 e. The number of aliphatic hydroxyl groups excluding tert-OH is 2. The van der Waals surface area contributed by atoms with E-state index in [1.54, 1.807) is 24.8 Å². The highest BCUT2D eigenvalue weighted by Crippen LogP contribution is 2.34. The molecule has 2 radical (unpaired) electrons. The highest BCUT2D eigenvalue weighted by Gasteiger charge is 2.50. The molecule has 7 amide bonds. The molecule has 1 aromatic rings. The van der Waals surface area contributed by atoms with Crippen molar-refractivity contribution in [3.8, 4) is 6.07 Å². The summed E-state index contributed by atoms with van der Waals surface area (Å²) >= 11 is 0. The molecule has 4 rings (SSSR count). The molecule has 19 nitrogen and oxygen atoms in total. The fourth-order valence-electron chi connectivity index (χ4n) is 8.26. The Labute approximate surface area is 391 Å². The van der Waals surface area contributed by atoms with Crippen molar-refractivity contribution in [1.82, 2.24) is 36.3 Å². The smallest absolute Gasteiger partial charge is 0.268 e. The Morgan fingerprint density at radius 3 is 2.39 bits per heavy atom. The Balaban J connectivity index is 1.13. The predicted octanol–water partition coefficient (Wildman–Crippen LogP) is 0.665. The van der Waals surface area contributed by atoms with Gasteiger partial charge in [-0.2, -0.15) is 5.26 Å². The Kier molecular flexibility index (Phi) is 20.0. The number of nitrogens with zero attached hydrogens (tertiary/aromatic N) is 3. The number of unbranched alkanes of at least 4 members (excludes halogenated alkanes) is 1. The summed E-state index contributed by atoms with van der Waals surface area (Å²) in [7, 11) is 5.31. The number of carbonyl (C=O) groups excluding carboxylic acids is 7. The molecule has 22 heteroatoms. The Morgan fingerprint density at radius 1 is 1.00 bits per heavy atom. The van der Waals surface area contributed by atoms with Crippen molar-refractivity contribution in [2.45, 2.75) is 159 Å². The van der Waals surface area contributed by atoms with Gasteiger partial charge in [0.1, 0.15) is 18.1 Å². The number of hydrogen-bond donors (Lipinski definition) is 7. The molecule has 2 saturated heterocycles. The van der Waals surface area contributed by atoms with E-state index in [1.807, 2.05) is 37.3 Å². The molecule has 368 valence electrons. The summed E-state index contributed by atoms with van der Waals surface area (Å²) in [6.45, 7) is 7.28. The van der Waals surface area contributed by atoms with Crippen LogP contribution in [0.4, 0.5) is 8.78 Å². The van der Waals surface area contributed by atoms with Crippen LogP contribution >= 0.6 is 0 Å². The molecule has 3 aliphatic rings. The van der Waals surface area contributed by atoms with E-state index in [4.69, 9.17) is 22.6 Å². The second kappa shape index (κ2) is 24.7. The van der Waals surface area contributed by atoms with Gasteiger partial charge in [-0.25, -0.2) is 8.78 Å². The summed E-state index contributed by atoms with van der Waals surface area (Å²) in [5.41, 5.74) is 0.935. The number of hydrogen-bond acceptors (Lipinski definition) is 12. The topological polar surface area (TPSA) is 269 Å². The predicted molar refractivity (Wildman–Crippen MR) is 237 cm³/mol. The van der Waals surface area contributed by atoms with E-state index in [0.717, 1.165) is 21.6 Å². The van der Waals surface area contributed by atoms with Crippen molar-refractivity contribution < 1.29 is 62.0 Å². The average Bonchev–Trinajstić information content (AvgIpc) is 3.98. The van der Waals surface area contributed by atoms with Crippen LogP contribution in [-0.4, -0.2) is 144 Å². The number of rotatable bonds is 26. The molecule has 0 aromatic heterocycles. The van der Waals surface area contributed by atoms with E-state index in [1.165, 1.54) is 0 Å². The normalized spacial score (nSPS) is 19.7. The first-order valence-electron chi connectivity index (χ1n) is 22.7. The summed E-state index contributed by atoms with van der Waals surface area (Å²) in [5.74, 6) is -7.32. The lowest BCUT2D eigenvalue weighted by atomic mass is 9.99. The zero-order valence-electron chi connectivity index (χ0n) is 38.8. The third-order valence-corrected chi connectivity index (χ3v) is 12.1. The standard InChI is InChI=1S/C45H65BF2N8O11/c1-43(2,66-16-17-67-44(3,4)21-38(61)52-34(41(64)54-46)11-12-36(59)50-15-6-5-10-32(58)26-57)14-13-37(60)51-23-28-8-7-9-29-24-55(25-33(28)29)39(62)19-30-18-35(53-40(30)63)42(65)56-27-45(47,48)20-31(56)22-49/h7-9,30-32,34-35,57-58H,5-6,10-21,23-27H2,1-4H3,(H,50,59)(H,51,60)(H,52,61)(H,53,63)(H,54,64)/t30-,31-,32-,34+,35-/m0/s1. The fraction of sp³-hybridized carbons (Fsp3) is 0.689. The van der Waals surface area contributed by atoms with Gasteiger partial charge in [0.2, 0.25) is 49.3 Å². The van der Waals surface area contributed by atoms with Crippen LogP contribution in [0, 0.1) is 17.2 Å². The van der Waals surface area contributed by atoms with Gasteiger partial charge in [-0.15, -0.1) is 0 Å². The lowest BCUT2D eigenvalue weighted by Gasteiger charge is -2.28. The molecule has 0 bridgehead atoms. The molecule has 3 heterocycles. The lowest BCUT2D eigenvalue weighted by molar-refractivity contribution is -0.136. The maximum atomic E-state index is 13.9. The van der Waals surface area contributed by atoms with Crippen LogP contribution in [0.2, 0.25) is 0 Å². The molecular formula is C45H65BF2N8O11. The first-order chi connectivity index (χ1) is 31.6. The SMILES string of the molecule is [B]NC(=O)[C@@H](CCC(=O)NCCCC[C@H](O)CO)NC(=O)CC(C)(C)OCCOC(C)(C)CCC(=O)NCc1cccc2c1CN(C(=O)C[C@@H]1C[C@@H](C(=O)N3CC(F)(F)C[C@H]3C#N)NC1=O)C2. The maximum absolute atomic E-state index is 13.9. The van der Waals surface area contributed by atoms with E-state index < -0.39 is 83.9 Å². The van der Waals surface area contributed by atoms with Crippen LogP contribution in [0.15, 0.2) is 18.2 Å². The maximum Gasteiger partial charge on any atom is 0.268 e. The van der Waals surface area contributed by atoms with Gasteiger partial charge in [0.15, 0.2) is 0 Å². The second-order valence-corrected chi connectivity index (χ2v) is 18.7. The molecule has 2 fully saturated rings. The molecule has 0 spiro atoms. The zero-order chi connectivity index (χ0) is 49.5. The molecule has 3 aliphatic heterocycles. The molecule has 5 atom stereocenters. The summed E-state index contributed by atoms with van der Waals surface area (Å²) < 4.78 is 39.8. The van der Waals surface area contributed by atoms with Gasteiger partial charge >= 0.3 is 0 Å². The molecular weight excluding hydrogens is 877 g/mol. The van der Waals surface area contributed by atoms with Gasteiger partial charge in [0.05, 0.1) is 56.2 Å². The number of nitriles is 1. The number of nitrogens with one attached hydrogen (secondary N) is 5. The van der Waals surface area contributed by atoms with Gasteiger partial charge in [-0.05, 0) is 82.9 Å². The van der Waals surface area contributed by atoms with Crippen molar-refractivity contribution in [2.24, 2.45) is 5.92 Å². The number of likely N-dealkylation sites (tertiary alicyclic amines) is 1. The van der Waals surface area contributed by atoms with Crippen LogP contribution < -0.4 is 26.5 Å². The minimum atomic E-state index is -3.19. The highest BCUT2D eigenvalue weighted by molar-refractivity contribution is 6.15. The monoisotopic (exact) mass is 942 g/mol. The van der Waals surface area contributed by atoms with Crippen LogP contribution in [0.25, 0.3) is 0 Å². The quantitative estimate of drug-likeness (QED) is 0.0499. The van der Waals surface area contributed by atoms with Gasteiger partial charge in [0.25, 0.3) is 5.92 Å². The lowest BCUT2D eigenvalue weighted by Crippen LogP contribution is -2.48. The minimum absolute atomic E-state index is 0.00414. The summed E-state index contributed by atoms with van der Waals surface area (Å²) in [5, 5.41) is 40.4. The summed E-state index contributed by atoms with van der Waals surface area (Å²) in [4.78, 5) is 92.1. The minimum Gasteiger partial charge on any atom is -0.407 e.